The summed E-state index contributed by atoms with van der Waals surface area (Å²) in [6, 6.07) is 0. The van der Waals surface area contributed by atoms with Gasteiger partial charge in [0, 0.05) is 31.9 Å². The molecule has 0 spiro atoms. The van der Waals surface area contributed by atoms with Gasteiger partial charge in [-0.1, -0.05) is 0 Å². The molecule has 1 aromatic rings. The first-order valence-corrected chi connectivity index (χ1v) is 7.32. The van der Waals surface area contributed by atoms with Crippen molar-refractivity contribution in [3.8, 4) is 0 Å². The van der Waals surface area contributed by atoms with Crippen LogP contribution in [-0.2, 0) is 4.79 Å². The molecule has 1 amide bonds. The van der Waals surface area contributed by atoms with E-state index in [0.29, 0.717) is 25.4 Å². The summed E-state index contributed by atoms with van der Waals surface area (Å²) < 4.78 is 0. The number of aromatic nitrogens is 2. The molecule has 2 heterocycles. The number of rotatable bonds is 7. The van der Waals surface area contributed by atoms with Crippen molar-refractivity contribution in [2.75, 3.05) is 31.5 Å². The Balaban J connectivity index is 0.00000220. The Labute approximate surface area is 144 Å². The van der Waals surface area contributed by atoms with E-state index in [1.165, 1.54) is 12.8 Å². The maximum atomic E-state index is 11.7. The third-order valence-corrected chi connectivity index (χ3v) is 3.55. The fraction of sp³-hybridized carbons (Fsp3) is 0.643. The molecule has 2 rings (SSSR count). The normalized spacial score (nSPS) is 14.4. The highest BCUT2D eigenvalue weighted by atomic mass is 35.5. The fourth-order valence-electron chi connectivity index (χ4n) is 2.38. The molecule has 1 aliphatic heterocycles. The first-order valence-electron chi connectivity index (χ1n) is 7.32. The van der Waals surface area contributed by atoms with Crippen molar-refractivity contribution in [1.82, 2.24) is 20.6 Å². The zero-order valence-corrected chi connectivity index (χ0v) is 14.2. The second-order valence-corrected chi connectivity index (χ2v) is 5.10. The number of nitrogens with one attached hydrogen (secondary N) is 3. The van der Waals surface area contributed by atoms with E-state index in [2.05, 4.69) is 25.9 Å². The highest BCUT2D eigenvalue weighted by molar-refractivity contribution is 5.85. The summed E-state index contributed by atoms with van der Waals surface area (Å²) in [7, 11) is 0. The lowest BCUT2D eigenvalue weighted by atomic mass is 9.93. The van der Waals surface area contributed by atoms with Gasteiger partial charge in [0.25, 0.3) is 0 Å². The summed E-state index contributed by atoms with van der Waals surface area (Å²) in [5.74, 6) is 1.58. The third kappa shape index (κ3) is 8.36. The van der Waals surface area contributed by atoms with E-state index >= 15 is 0 Å². The van der Waals surface area contributed by atoms with Crippen molar-refractivity contribution in [3.05, 3.63) is 18.6 Å². The molecule has 1 fully saturated rings. The van der Waals surface area contributed by atoms with E-state index < -0.39 is 0 Å². The van der Waals surface area contributed by atoms with Gasteiger partial charge in [-0.3, -0.25) is 9.78 Å². The van der Waals surface area contributed by atoms with Gasteiger partial charge >= 0.3 is 0 Å². The zero-order valence-electron chi connectivity index (χ0n) is 12.6. The van der Waals surface area contributed by atoms with E-state index in [4.69, 9.17) is 0 Å². The number of hydrogen-bond donors (Lipinski definition) is 3. The molecule has 0 atom stereocenters. The Hall–Kier alpha value is -1.11. The van der Waals surface area contributed by atoms with Gasteiger partial charge in [-0.2, -0.15) is 0 Å². The van der Waals surface area contributed by atoms with Crippen molar-refractivity contribution in [2.45, 2.75) is 25.7 Å². The van der Waals surface area contributed by atoms with E-state index in [1.807, 2.05) is 0 Å². The minimum atomic E-state index is 0. The molecule has 3 N–H and O–H groups in total. The van der Waals surface area contributed by atoms with Crippen LogP contribution >= 0.6 is 24.8 Å². The molecule has 126 valence electrons. The Bertz CT molecular complexity index is 401. The SMILES string of the molecule is Cl.Cl.O=C(CCC1CCNCC1)NCCNc1cnccn1. The van der Waals surface area contributed by atoms with Gasteiger partial charge < -0.3 is 16.0 Å². The molecule has 6 nitrogen and oxygen atoms in total. The Kier molecular flexibility index (Phi) is 11.8. The number of amides is 1. The first kappa shape index (κ1) is 20.9. The van der Waals surface area contributed by atoms with Crippen LogP contribution in [0.4, 0.5) is 5.82 Å². The van der Waals surface area contributed by atoms with E-state index in [-0.39, 0.29) is 30.7 Å². The molecule has 0 radical (unpaired) electrons. The van der Waals surface area contributed by atoms with Crippen LogP contribution in [0.15, 0.2) is 18.6 Å². The Morgan fingerprint density at radius 2 is 2.00 bits per heavy atom. The molecule has 0 saturated carbocycles. The molecule has 1 aliphatic rings. The van der Waals surface area contributed by atoms with Crippen LogP contribution in [0.1, 0.15) is 25.7 Å². The number of nitrogens with zero attached hydrogens (tertiary/aromatic N) is 2. The van der Waals surface area contributed by atoms with Crippen LogP contribution in [0.25, 0.3) is 0 Å². The van der Waals surface area contributed by atoms with Gasteiger partial charge in [0.05, 0.1) is 6.20 Å². The molecular formula is C14H25Cl2N5O. The fourth-order valence-corrected chi connectivity index (χ4v) is 2.38. The average molecular weight is 350 g/mol. The predicted octanol–water partition coefficient (Wildman–Crippen LogP) is 1.63. The van der Waals surface area contributed by atoms with Crippen molar-refractivity contribution in [2.24, 2.45) is 5.92 Å². The van der Waals surface area contributed by atoms with Crippen LogP contribution in [0.2, 0.25) is 0 Å². The zero-order chi connectivity index (χ0) is 14.0. The van der Waals surface area contributed by atoms with Gasteiger partial charge in [0.2, 0.25) is 5.91 Å². The first-order chi connectivity index (χ1) is 9.84. The van der Waals surface area contributed by atoms with Crippen molar-refractivity contribution in [1.29, 1.82) is 0 Å². The number of anilines is 1. The summed E-state index contributed by atoms with van der Waals surface area (Å²) in [6.07, 6.45) is 8.97. The topological polar surface area (TPSA) is 78.9 Å². The number of carbonyl (C=O) groups is 1. The van der Waals surface area contributed by atoms with Crippen LogP contribution in [0.5, 0.6) is 0 Å². The molecular weight excluding hydrogens is 325 g/mol. The number of carbonyl (C=O) groups excluding carboxylic acids is 1. The largest absolute Gasteiger partial charge is 0.367 e. The monoisotopic (exact) mass is 349 g/mol. The highest BCUT2D eigenvalue weighted by Crippen LogP contribution is 2.17. The Morgan fingerprint density at radius 3 is 2.68 bits per heavy atom. The second-order valence-electron chi connectivity index (χ2n) is 5.10. The molecule has 0 aliphatic carbocycles. The van der Waals surface area contributed by atoms with E-state index in [0.717, 1.165) is 25.3 Å². The highest BCUT2D eigenvalue weighted by Gasteiger charge is 2.14. The minimum Gasteiger partial charge on any atom is -0.367 e. The van der Waals surface area contributed by atoms with Gasteiger partial charge in [-0.05, 0) is 38.3 Å². The summed E-state index contributed by atoms with van der Waals surface area (Å²) in [4.78, 5) is 19.8. The van der Waals surface area contributed by atoms with Gasteiger partial charge in [0.1, 0.15) is 5.82 Å². The summed E-state index contributed by atoms with van der Waals surface area (Å²) in [5.41, 5.74) is 0. The van der Waals surface area contributed by atoms with E-state index in [1.54, 1.807) is 18.6 Å². The van der Waals surface area contributed by atoms with Gasteiger partial charge in [0.15, 0.2) is 0 Å². The summed E-state index contributed by atoms with van der Waals surface area (Å²) in [5, 5.41) is 9.38. The lowest BCUT2D eigenvalue weighted by molar-refractivity contribution is -0.121. The molecule has 1 aromatic heterocycles. The molecule has 22 heavy (non-hydrogen) atoms. The molecule has 0 aromatic carbocycles. The lowest BCUT2D eigenvalue weighted by Gasteiger charge is -2.22. The molecule has 0 unspecified atom stereocenters. The van der Waals surface area contributed by atoms with Crippen LogP contribution in [-0.4, -0.2) is 42.1 Å². The maximum absolute atomic E-state index is 11.7. The van der Waals surface area contributed by atoms with Crippen LogP contribution in [0, 0.1) is 5.92 Å². The van der Waals surface area contributed by atoms with Gasteiger partial charge in [-0.15, -0.1) is 24.8 Å². The molecule has 0 bridgehead atoms. The molecule has 8 heteroatoms. The standard InChI is InChI=1S/C14H23N5O.2ClH/c20-14(2-1-12-3-5-15-6-4-12)19-10-9-18-13-11-16-7-8-17-13;;/h7-8,11-12,15H,1-6,9-10H2,(H,17,18)(H,19,20);2*1H. The van der Waals surface area contributed by atoms with Crippen molar-refractivity contribution < 1.29 is 4.79 Å². The smallest absolute Gasteiger partial charge is 0.220 e. The van der Waals surface area contributed by atoms with E-state index in [9.17, 15) is 4.79 Å². The Morgan fingerprint density at radius 1 is 1.23 bits per heavy atom. The second kappa shape index (κ2) is 12.4. The van der Waals surface area contributed by atoms with Crippen LogP contribution < -0.4 is 16.0 Å². The third-order valence-electron chi connectivity index (χ3n) is 3.55. The number of piperidine rings is 1. The molecule has 1 saturated heterocycles. The number of halogens is 2. The predicted molar refractivity (Wildman–Crippen MR) is 92.9 cm³/mol. The average Bonchev–Trinajstić information content (AvgIpc) is 2.52. The quantitative estimate of drug-likeness (QED) is 0.652. The van der Waals surface area contributed by atoms with Crippen molar-refractivity contribution in [3.63, 3.8) is 0 Å². The lowest BCUT2D eigenvalue weighted by Crippen LogP contribution is -2.31. The number of hydrogen-bond acceptors (Lipinski definition) is 5. The minimum absolute atomic E-state index is 0. The van der Waals surface area contributed by atoms with Gasteiger partial charge in [-0.25, -0.2) is 4.98 Å². The summed E-state index contributed by atoms with van der Waals surface area (Å²) in [6.45, 7) is 3.46. The van der Waals surface area contributed by atoms with Crippen LogP contribution in [0.3, 0.4) is 0 Å². The van der Waals surface area contributed by atoms with Crippen molar-refractivity contribution >= 4 is 36.5 Å². The maximum Gasteiger partial charge on any atom is 0.220 e. The summed E-state index contributed by atoms with van der Waals surface area (Å²) >= 11 is 0.